The molecule has 10 heteroatoms. The van der Waals surface area contributed by atoms with Crippen molar-refractivity contribution >= 4 is 29.1 Å². The van der Waals surface area contributed by atoms with Crippen molar-refractivity contribution in [2.45, 2.75) is 19.9 Å². The summed E-state index contributed by atoms with van der Waals surface area (Å²) in [4.78, 5) is 41.5. The Morgan fingerprint density at radius 3 is 2.76 bits per heavy atom. The number of benzene rings is 2. The zero-order valence-electron chi connectivity index (χ0n) is 17.6. The first-order valence-electron chi connectivity index (χ1n) is 10.0. The van der Waals surface area contributed by atoms with Crippen LogP contribution in [0.15, 0.2) is 69.6 Å². The first kappa shape index (κ1) is 22.3. The summed E-state index contributed by atoms with van der Waals surface area (Å²) in [6, 6.07) is 10.7. The zero-order chi connectivity index (χ0) is 23.7. The standard InChI is InChI=1S/C23H18FN3O5S/c1-3-32-22(29)19-13(2)25-23-26(20(19)16-9-4-5-10-17(16)24)21(28)18(33-23)12-14-7-6-8-15(11-14)27(30)31/h4-12,20H,3H2,1-2H3/t20-/m1/s1. The first-order chi connectivity index (χ1) is 15.8. The highest BCUT2D eigenvalue weighted by molar-refractivity contribution is 7.07. The van der Waals surface area contributed by atoms with Gasteiger partial charge in [-0.15, -0.1) is 0 Å². The van der Waals surface area contributed by atoms with Gasteiger partial charge in [0.15, 0.2) is 4.80 Å². The third-order valence-corrected chi connectivity index (χ3v) is 6.08. The molecule has 0 spiro atoms. The minimum Gasteiger partial charge on any atom is -0.463 e. The van der Waals surface area contributed by atoms with E-state index in [9.17, 15) is 24.1 Å². The largest absolute Gasteiger partial charge is 0.463 e. The number of esters is 1. The number of carbonyl (C=O) groups excluding carboxylic acids is 1. The molecule has 0 saturated carbocycles. The second kappa shape index (κ2) is 8.91. The van der Waals surface area contributed by atoms with E-state index in [4.69, 9.17) is 4.74 Å². The number of nitro groups is 1. The lowest BCUT2D eigenvalue weighted by Crippen LogP contribution is -2.40. The lowest BCUT2D eigenvalue weighted by atomic mass is 9.95. The fraction of sp³-hybridized carbons (Fsp3) is 0.174. The summed E-state index contributed by atoms with van der Waals surface area (Å²) in [6.07, 6.45) is 1.51. The number of allylic oxidation sites excluding steroid dienone is 1. The predicted molar refractivity (Wildman–Crippen MR) is 120 cm³/mol. The van der Waals surface area contributed by atoms with Gasteiger partial charge in [0.2, 0.25) is 0 Å². The fourth-order valence-electron chi connectivity index (χ4n) is 3.66. The van der Waals surface area contributed by atoms with Gasteiger partial charge in [0.05, 0.1) is 27.3 Å². The van der Waals surface area contributed by atoms with Crippen molar-refractivity contribution in [3.8, 4) is 0 Å². The summed E-state index contributed by atoms with van der Waals surface area (Å²) < 4.78 is 21.5. The number of ether oxygens (including phenoxy) is 1. The number of non-ortho nitro benzene ring substituents is 1. The molecule has 8 nitrogen and oxygen atoms in total. The molecule has 1 atom stereocenters. The van der Waals surface area contributed by atoms with E-state index in [2.05, 4.69) is 4.99 Å². The molecule has 0 fully saturated rings. The van der Waals surface area contributed by atoms with Crippen LogP contribution in [0.3, 0.4) is 0 Å². The molecule has 3 aromatic rings. The molecule has 168 valence electrons. The third-order valence-electron chi connectivity index (χ3n) is 5.10. The molecule has 0 bridgehead atoms. The summed E-state index contributed by atoms with van der Waals surface area (Å²) in [7, 11) is 0. The first-order valence-corrected chi connectivity index (χ1v) is 10.8. The molecule has 1 aromatic heterocycles. The molecular weight excluding hydrogens is 449 g/mol. The van der Waals surface area contributed by atoms with Crippen molar-refractivity contribution < 1.29 is 18.8 Å². The number of nitro benzene ring substituents is 1. The van der Waals surface area contributed by atoms with Crippen molar-refractivity contribution in [2.75, 3.05) is 6.61 Å². The highest BCUT2D eigenvalue weighted by Crippen LogP contribution is 2.32. The lowest BCUT2D eigenvalue weighted by Gasteiger charge is -2.24. The topological polar surface area (TPSA) is 104 Å². The molecule has 2 heterocycles. The van der Waals surface area contributed by atoms with Crippen LogP contribution in [0.2, 0.25) is 0 Å². The van der Waals surface area contributed by atoms with Gasteiger partial charge in [0.25, 0.3) is 11.2 Å². The maximum absolute atomic E-state index is 14.8. The fourth-order valence-corrected chi connectivity index (χ4v) is 4.71. The Kier molecular flexibility index (Phi) is 6.01. The second-order valence-electron chi connectivity index (χ2n) is 7.18. The number of nitrogens with zero attached hydrogens (tertiary/aromatic N) is 3. The minimum atomic E-state index is -1.06. The van der Waals surface area contributed by atoms with Gasteiger partial charge in [0.1, 0.15) is 11.9 Å². The van der Waals surface area contributed by atoms with Crippen LogP contribution in [-0.2, 0) is 9.53 Å². The van der Waals surface area contributed by atoms with Crippen molar-refractivity contribution in [1.29, 1.82) is 0 Å². The van der Waals surface area contributed by atoms with Crippen LogP contribution in [0.5, 0.6) is 0 Å². The Labute approximate surface area is 190 Å². The molecule has 0 saturated heterocycles. The van der Waals surface area contributed by atoms with Crippen LogP contribution in [0.25, 0.3) is 6.08 Å². The van der Waals surface area contributed by atoms with Crippen LogP contribution in [-0.4, -0.2) is 22.1 Å². The molecule has 2 aromatic carbocycles. The van der Waals surface area contributed by atoms with Crippen molar-refractivity contribution in [1.82, 2.24) is 4.57 Å². The van der Waals surface area contributed by atoms with Gasteiger partial charge in [0, 0.05) is 17.7 Å². The number of aromatic nitrogens is 1. The van der Waals surface area contributed by atoms with E-state index in [1.807, 2.05) is 0 Å². The van der Waals surface area contributed by atoms with E-state index in [0.29, 0.717) is 11.3 Å². The summed E-state index contributed by atoms with van der Waals surface area (Å²) in [5.41, 5.74) is 0.395. The monoisotopic (exact) mass is 467 g/mol. The average Bonchev–Trinajstić information content (AvgIpc) is 3.08. The molecule has 33 heavy (non-hydrogen) atoms. The summed E-state index contributed by atoms with van der Waals surface area (Å²) in [6.45, 7) is 3.37. The number of fused-ring (bicyclic) bond motifs is 1. The molecular formula is C23H18FN3O5S. The van der Waals surface area contributed by atoms with Gasteiger partial charge in [-0.05, 0) is 31.6 Å². The van der Waals surface area contributed by atoms with Crippen LogP contribution in [0, 0.1) is 15.9 Å². The molecule has 0 unspecified atom stereocenters. The number of carbonyl (C=O) groups is 1. The Morgan fingerprint density at radius 2 is 2.06 bits per heavy atom. The van der Waals surface area contributed by atoms with Gasteiger partial charge in [-0.25, -0.2) is 14.2 Å². The van der Waals surface area contributed by atoms with E-state index < -0.39 is 28.3 Å². The van der Waals surface area contributed by atoms with Crippen LogP contribution in [0.1, 0.15) is 31.0 Å². The summed E-state index contributed by atoms with van der Waals surface area (Å²) in [5, 5.41) is 11.1. The number of hydrogen-bond acceptors (Lipinski definition) is 7. The van der Waals surface area contributed by atoms with Gasteiger partial charge in [-0.2, -0.15) is 0 Å². The molecule has 0 N–H and O–H groups in total. The van der Waals surface area contributed by atoms with Crippen molar-refractivity contribution in [3.63, 3.8) is 0 Å². The number of rotatable bonds is 5. The second-order valence-corrected chi connectivity index (χ2v) is 8.18. The van der Waals surface area contributed by atoms with Crippen molar-refractivity contribution in [2.24, 2.45) is 4.99 Å². The van der Waals surface area contributed by atoms with E-state index in [1.54, 1.807) is 26.0 Å². The summed E-state index contributed by atoms with van der Waals surface area (Å²) >= 11 is 1.06. The smallest absolute Gasteiger partial charge is 0.338 e. The van der Waals surface area contributed by atoms with Crippen molar-refractivity contribution in [3.05, 3.63) is 107 Å². The van der Waals surface area contributed by atoms with E-state index in [-0.39, 0.29) is 32.8 Å². The maximum Gasteiger partial charge on any atom is 0.338 e. The molecule has 0 radical (unpaired) electrons. The highest BCUT2D eigenvalue weighted by Gasteiger charge is 2.34. The van der Waals surface area contributed by atoms with Crippen LogP contribution < -0.4 is 14.9 Å². The molecule has 0 aliphatic carbocycles. The Bertz CT molecular complexity index is 1490. The van der Waals surface area contributed by atoms with E-state index in [0.717, 1.165) is 11.3 Å². The molecule has 0 amide bonds. The predicted octanol–water partition coefficient (Wildman–Crippen LogP) is 2.85. The average molecular weight is 467 g/mol. The Hall–Kier alpha value is -3.92. The van der Waals surface area contributed by atoms with Gasteiger partial charge in [-0.3, -0.25) is 19.5 Å². The van der Waals surface area contributed by atoms with Gasteiger partial charge >= 0.3 is 5.97 Å². The number of hydrogen-bond donors (Lipinski definition) is 0. The van der Waals surface area contributed by atoms with Crippen LogP contribution >= 0.6 is 11.3 Å². The molecule has 4 rings (SSSR count). The lowest BCUT2D eigenvalue weighted by molar-refractivity contribution is -0.384. The Morgan fingerprint density at radius 1 is 1.30 bits per heavy atom. The van der Waals surface area contributed by atoms with Gasteiger partial charge < -0.3 is 4.74 Å². The maximum atomic E-state index is 14.8. The van der Waals surface area contributed by atoms with E-state index in [1.165, 1.54) is 47.0 Å². The third kappa shape index (κ3) is 4.12. The molecule has 1 aliphatic rings. The van der Waals surface area contributed by atoms with Crippen LogP contribution in [0.4, 0.5) is 10.1 Å². The highest BCUT2D eigenvalue weighted by atomic mass is 32.1. The molecule has 1 aliphatic heterocycles. The van der Waals surface area contributed by atoms with Gasteiger partial charge in [-0.1, -0.05) is 41.7 Å². The summed E-state index contributed by atoms with van der Waals surface area (Å²) in [5.74, 6) is -1.26. The minimum absolute atomic E-state index is 0.0799. The normalized spacial score (nSPS) is 15.7. The Balaban J connectivity index is 1.96. The zero-order valence-corrected chi connectivity index (χ0v) is 18.5. The SMILES string of the molecule is CCOC(=O)C1=C(C)N=c2sc(=Cc3cccc([N+](=O)[O-])c3)c(=O)n2[C@@H]1c1ccccc1F. The number of thiazole rings is 1. The van der Waals surface area contributed by atoms with E-state index >= 15 is 0 Å². The quantitative estimate of drug-likeness (QED) is 0.326. The number of halogens is 1.